The highest BCUT2D eigenvalue weighted by atomic mass is 35.5. The van der Waals surface area contributed by atoms with Crippen molar-refractivity contribution in [3.8, 4) is 0 Å². The Bertz CT molecular complexity index is 1370. The second kappa shape index (κ2) is 12.0. The molecule has 2 N–H and O–H groups in total. The fourth-order valence-electron chi connectivity index (χ4n) is 5.23. The van der Waals surface area contributed by atoms with Crippen LogP contribution in [0.15, 0.2) is 41.3 Å². The summed E-state index contributed by atoms with van der Waals surface area (Å²) in [4.78, 5) is 40.0. The molecule has 11 heteroatoms. The molecule has 1 saturated heterocycles. The molecule has 2 heterocycles. The average Bonchev–Trinajstić information content (AvgIpc) is 2.90. The minimum atomic E-state index is -4.22. The third kappa shape index (κ3) is 6.22. The lowest BCUT2D eigenvalue weighted by Crippen LogP contribution is -2.53. The second-order valence-corrected chi connectivity index (χ2v) is 12.4. The Hall–Kier alpha value is -3.11. The fourth-order valence-corrected chi connectivity index (χ4v) is 7.38. The van der Waals surface area contributed by atoms with Crippen LogP contribution in [0.25, 0.3) is 0 Å². The first-order valence-electron chi connectivity index (χ1n) is 13.3. The molecule has 0 spiro atoms. The number of anilines is 2. The molecule has 2 aromatic rings. The molecule has 1 atom stereocenters. The van der Waals surface area contributed by atoms with Gasteiger partial charge >= 0.3 is 0 Å². The first kappa shape index (κ1) is 28.9. The number of para-hydroxylation sites is 2. The van der Waals surface area contributed by atoms with Gasteiger partial charge in [-0.3, -0.25) is 18.7 Å². The standard InChI is InChI=1S/C28H35ClN4O5S/c1-4-27(35)32-13-10-20(11-14-32)9-12-30-26(34)17-24-28(36)31-22-7-5-6-8-23(22)33(24)39(37,38)25-16-18(2)21(29)15-19(25)3/h5-8,15-16,20,24H,4,9-14,17H2,1-3H3,(H,30,34)(H,31,36)/t24-/m1/s1. The van der Waals surface area contributed by atoms with E-state index in [1.807, 2.05) is 11.8 Å². The summed E-state index contributed by atoms with van der Waals surface area (Å²) >= 11 is 6.21. The number of rotatable bonds is 8. The Labute approximate surface area is 234 Å². The van der Waals surface area contributed by atoms with E-state index in [1.54, 1.807) is 44.2 Å². The van der Waals surface area contributed by atoms with Gasteiger partial charge in [-0.1, -0.05) is 30.7 Å². The normalized spacial score (nSPS) is 17.9. The van der Waals surface area contributed by atoms with E-state index >= 15 is 0 Å². The van der Waals surface area contributed by atoms with Crippen LogP contribution < -0.4 is 14.9 Å². The van der Waals surface area contributed by atoms with Crippen molar-refractivity contribution >= 4 is 50.7 Å². The number of carbonyl (C=O) groups is 3. The molecule has 2 aliphatic rings. The second-order valence-electron chi connectivity index (χ2n) is 10.2. The Morgan fingerprint density at radius 1 is 1.10 bits per heavy atom. The van der Waals surface area contributed by atoms with E-state index in [2.05, 4.69) is 10.6 Å². The molecule has 4 rings (SSSR count). The molecule has 1 fully saturated rings. The van der Waals surface area contributed by atoms with E-state index in [4.69, 9.17) is 11.6 Å². The molecule has 0 aliphatic carbocycles. The number of likely N-dealkylation sites (tertiary alicyclic amines) is 1. The van der Waals surface area contributed by atoms with Crippen LogP contribution in [0.2, 0.25) is 5.02 Å². The molecular formula is C28H35ClN4O5S. The van der Waals surface area contributed by atoms with Crippen molar-refractivity contribution in [2.45, 2.75) is 63.8 Å². The van der Waals surface area contributed by atoms with Crippen LogP contribution in [-0.4, -0.2) is 56.7 Å². The Balaban J connectivity index is 1.49. The fraction of sp³-hybridized carbons (Fsp3) is 0.464. The maximum Gasteiger partial charge on any atom is 0.265 e. The van der Waals surface area contributed by atoms with Crippen molar-refractivity contribution in [2.24, 2.45) is 5.92 Å². The molecule has 0 bridgehead atoms. The minimum absolute atomic E-state index is 0.0345. The predicted octanol–water partition coefficient (Wildman–Crippen LogP) is 4.02. The van der Waals surface area contributed by atoms with E-state index in [1.165, 1.54) is 6.07 Å². The average molecular weight is 575 g/mol. The van der Waals surface area contributed by atoms with Gasteiger partial charge in [0.2, 0.25) is 17.7 Å². The van der Waals surface area contributed by atoms with E-state index in [0.717, 1.165) is 36.7 Å². The largest absolute Gasteiger partial charge is 0.356 e. The summed E-state index contributed by atoms with van der Waals surface area (Å²) in [5.41, 5.74) is 1.70. The summed E-state index contributed by atoms with van der Waals surface area (Å²) in [6.45, 7) is 7.09. The monoisotopic (exact) mass is 574 g/mol. The highest BCUT2D eigenvalue weighted by Crippen LogP contribution is 2.38. The summed E-state index contributed by atoms with van der Waals surface area (Å²) in [6, 6.07) is 8.47. The van der Waals surface area contributed by atoms with Crippen LogP contribution in [0.5, 0.6) is 0 Å². The highest BCUT2D eigenvalue weighted by Gasteiger charge is 2.42. The van der Waals surface area contributed by atoms with E-state index in [9.17, 15) is 22.8 Å². The topological polar surface area (TPSA) is 116 Å². The lowest BCUT2D eigenvalue weighted by atomic mass is 9.93. The number of nitrogens with one attached hydrogen (secondary N) is 2. The molecule has 210 valence electrons. The third-order valence-electron chi connectivity index (χ3n) is 7.50. The zero-order valence-corrected chi connectivity index (χ0v) is 24.1. The predicted molar refractivity (Wildman–Crippen MR) is 151 cm³/mol. The zero-order valence-electron chi connectivity index (χ0n) is 22.5. The van der Waals surface area contributed by atoms with Gasteiger partial charge in [0, 0.05) is 31.1 Å². The van der Waals surface area contributed by atoms with Crippen LogP contribution in [0.4, 0.5) is 11.4 Å². The van der Waals surface area contributed by atoms with Gasteiger partial charge in [0.1, 0.15) is 6.04 Å². The number of hydrogen-bond donors (Lipinski definition) is 2. The van der Waals surface area contributed by atoms with Gasteiger partial charge in [-0.15, -0.1) is 0 Å². The SMILES string of the molecule is CCC(=O)N1CCC(CCNC(=O)C[C@@H]2C(=O)Nc3ccccc3N2S(=O)(=O)c2cc(C)c(Cl)cc2C)CC1. The van der Waals surface area contributed by atoms with Crippen LogP contribution in [0, 0.1) is 19.8 Å². The molecule has 2 aliphatic heterocycles. The summed E-state index contributed by atoms with van der Waals surface area (Å²) in [5, 5.41) is 6.07. The Kier molecular flexibility index (Phi) is 8.86. The van der Waals surface area contributed by atoms with Gasteiger partial charge in [-0.05, 0) is 74.4 Å². The lowest BCUT2D eigenvalue weighted by molar-refractivity contribution is -0.132. The number of halogens is 1. The van der Waals surface area contributed by atoms with Gasteiger partial charge in [0.25, 0.3) is 10.0 Å². The molecule has 9 nitrogen and oxygen atoms in total. The summed E-state index contributed by atoms with van der Waals surface area (Å²) in [5.74, 6) is -0.414. The molecule has 3 amide bonds. The maximum absolute atomic E-state index is 14.0. The van der Waals surface area contributed by atoms with Crippen molar-refractivity contribution in [3.63, 3.8) is 0 Å². The molecule has 0 radical (unpaired) electrons. The van der Waals surface area contributed by atoms with Crippen molar-refractivity contribution in [1.29, 1.82) is 0 Å². The van der Waals surface area contributed by atoms with Crippen molar-refractivity contribution in [1.82, 2.24) is 10.2 Å². The van der Waals surface area contributed by atoms with E-state index < -0.39 is 27.9 Å². The van der Waals surface area contributed by atoms with Crippen molar-refractivity contribution in [2.75, 3.05) is 29.3 Å². The highest BCUT2D eigenvalue weighted by molar-refractivity contribution is 7.93. The van der Waals surface area contributed by atoms with Crippen molar-refractivity contribution in [3.05, 3.63) is 52.5 Å². The number of sulfonamides is 1. The summed E-state index contributed by atoms with van der Waals surface area (Å²) in [7, 11) is -4.22. The Morgan fingerprint density at radius 2 is 1.79 bits per heavy atom. The van der Waals surface area contributed by atoms with Crippen molar-refractivity contribution < 1.29 is 22.8 Å². The molecule has 0 saturated carbocycles. The molecule has 0 aromatic heterocycles. The minimum Gasteiger partial charge on any atom is -0.356 e. The third-order valence-corrected chi connectivity index (χ3v) is 9.87. The number of hydrogen-bond acceptors (Lipinski definition) is 5. The summed E-state index contributed by atoms with van der Waals surface area (Å²) < 4.78 is 29.1. The number of carbonyl (C=O) groups excluding carboxylic acids is 3. The van der Waals surface area contributed by atoms with Gasteiger partial charge in [-0.25, -0.2) is 8.42 Å². The van der Waals surface area contributed by atoms with Gasteiger partial charge in [0.15, 0.2) is 0 Å². The number of aryl methyl sites for hydroxylation is 2. The van der Waals surface area contributed by atoms with Crippen LogP contribution in [0.3, 0.4) is 0 Å². The Morgan fingerprint density at radius 3 is 2.49 bits per heavy atom. The first-order chi connectivity index (χ1) is 18.5. The number of piperidine rings is 1. The molecule has 0 unspecified atom stereocenters. The smallest absolute Gasteiger partial charge is 0.265 e. The van der Waals surface area contributed by atoms with Crippen LogP contribution in [0.1, 0.15) is 50.2 Å². The van der Waals surface area contributed by atoms with Crippen LogP contribution in [-0.2, 0) is 24.4 Å². The number of fused-ring (bicyclic) bond motifs is 1. The number of nitrogens with zero attached hydrogens (tertiary/aromatic N) is 2. The molecular weight excluding hydrogens is 540 g/mol. The van der Waals surface area contributed by atoms with E-state index in [-0.39, 0.29) is 17.2 Å². The first-order valence-corrected chi connectivity index (χ1v) is 15.1. The molecule has 2 aromatic carbocycles. The van der Waals surface area contributed by atoms with Gasteiger partial charge in [-0.2, -0.15) is 0 Å². The van der Waals surface area contributed by atoms with Gasteiger partial charge < -0.3 is 15.5 Å². The number of benzene rings is 2. The summed E-state index contributed by atoms with van der Waals surface area (Å²) in [6.07, 6.45) is 2.70. The number of amides is 3. The lowest BCUT2D eigenvalue weighted by Gasteiger charge is -2.37. The van der Waals surface area contributed by atoms with Gasteiger partial charge in [0.05, 0.1) is 22.7 Å². The molecule has 39 heavy (non-hydrogen) atoms. The zero-order chi connectivity index (χ0) is 28.3. The quantitative estimate of drug-likeness (QED) is 0.494. The maximum atomic E-state index is 14.0. The van der Waals surface area contributed by atoms with Crippen LogP contribution >= 0.6 is 11.6 Å². The van der Waals surface area contributed by atoms with E-state index in [0.29, 0.717) is 46.4 Å².